The van der Waals surface area contributed by atoms with E-state index >= 15 is 0 Å². The molecule has 1 aromatic carbocycles. The molecular formula is C17H24N2O. The summed E-state index contributed by atoms with van der Waals surface area (Å²) in [6.45, 7) is 4.55. The van der Waals surface area contributed by atoms with Gasteiger partial charge in [-0.3, -0.25) is 0 Å². The fraction of sp³-hybridized carbons (Fsp3) is 0.588. The largest absolute Gasteiger partial charge is 0.396 e. The third-order valence-electron chi connectivity index (χ3n) is 4.42. The number of benzene rings is 1. The minimum absolute atomic E-state index is 0.213. The Kier molecular flexibility index (Phi) is 4.80. The molecule has 0 radical (unpaired) electrons. The summed E-state index contributed by atoms with van der Waals surface area (Å²) in [4.78, 5) is 0. The number of aliphatic hydroxyl groups is 1. The zero-order chi connectivity index (χ0) is 14.6. The van der Waals surface area contributed by atoms with Gasteiger partial charge in [0.25, 0.3) is 0 Å². The molecule has 1 saturated carbocycles. The van der Waals surface area contributed by atoms with Crippen molar-refractivity contribution in [1.82, 2.24) is 5.32 Å². The van der Waals surface area contributed by atoms with Crippen molar-refractivity contribution >= 4 is 0 Å². The summed E-state index contributed by atoms with van der Waals surface area (Å²) in [5.74, 6) is 0.496. The summed E-state index contributed by atoms with van der Waals surface area (Å²) in [7, 11) is 0. The standard InChI is InChI=1S/C17H24N2O/c1-13(2)16(8-9-20)19-15-10-17(11-15,12-18)14-6-4-3-5-7-14/h3-7,13,15-16,19-20H,8-11H2,1-2H3. The lowest BCUT2D eigenvalue weighted by atomic mass is 9.62. The zero-order valence-corrected chi connectivity index (χ0v) is 12.3. The first kappa shape index (κ1) is 15.0. The first-order chi connectivity index (χ1) is 9.61. The SMILES string of the molecule is CC(C)C(CCO)NC1CC(C#N)(c2ccccc2)C1. The normalized spacial score (nSPS) is 26.9. The molecule has 1 aromatic rings. The number of nitrogens with one attached hydrogen (secondary N) is 1. The van der Waals surface area contributed by atoms with E-state index in [1.54, 1.807) is 0 Å². The van der Waals surface area contributed by atoms with E-state index in [4.69, 9.17) is 5.11 Å². The van der Waals surface area contributed by atoms with Gasteiger partial charge in [-0.15, -0.1) is 0 Å². The Balaban J connectivity index is 1.97. The summed E-state index contributed by atoms with van der Waals surface area (Å²) in [5.41, 5.74) is 0.809. The first-order valence-corrected chi connectivity index (χ1v) is 7.45. The molecule has 3 nitrogen and oxygen atoms in total. The van der Waals surface area contributed by atoms with Crippen LogP contribution in [-0.4, -0.2) is 23.8 Å². The maximum atomic E-state index is 9.54. The van der Waals surface area contributed by atoms with E-state index in [0.717, 1.165) is 24.8 Å². The van der Waals surface area contributed by atoms with Crippen LogP contribution in [0, 0.1) is 17.2 Å². The second kappa shape index (κ2) is 6.39. The summed E-state index contributed by atoms with van der Waals surface area (Å²) in [5, 5.41) is 22.3. The lowest BCUT2D eigenvalue weighted by molar-refractivity contribution is 0.172. The second-order valence-electron chi connectivity index (χ2n) is 6.19. The van der Waals surface area contributed by atoms with Gasteiger partial charge in [0.1, 0.15) is 0 Å². The van der Waals surface area contributed by atoms with Gasteiger partial charge in [0.15, 0.2) is 0 Å². The molecule has 0 saturated heterocycles. The van der Waals surface area contributed by atoms with Crippen LogP contribution in [-0.2, 0) is 5.41 Å². The average Bonchev–Trinajstić information content (AvgIpc) is 2.42. The first-order valence-electron chi connectivity index (χ1n) is 7.45. The zero-order valence-electron chi connectivity index (χ0n) is 12.3. The topological polar surface area (TPSA) is 56.0 Å². The van der Waals surface area contributed by atoms with Crippen LogP contribution >= 0.6 is 0 Å². The van der Waals surface area contributed by atoms with Crippen LogP contribution in [0.15, 0.2) is 30.3 Å². The molecule has 0 spiro atoms. The van der Waals surface area contributed by atoms with Gasteiger partial charge >= 0.3 is 0 Å². The highest BCUT2D eigenvalue weighted by molar-refractivity contribution is 5.36. The highest BCUT2D eigenvalue weighted by Crippen LogP contribution is 2.43. The van der Waals surface area contributed by atoms with Crippen molar-refractivity contribution in [2.45, 2.75) is 50.6 Å². The lowest BCUT2D eigenvalue weighted by Gasteiger charge is -2.45. The van der Waals surface area contributed by atoms with Crippen molar-refractivity contribution in [1.29, 1.82) is 5.26 Å². The Morgan fingerprint density at radius 3 is 2.50 bits per heavy atom. The van der Waals surface area contributed by atoms with Gasteiger partial charge < -0.3 is 10.4 Å². The van der Waals surface area contributed by atoms with Crippen molar-refractivity contribution in [2.24, 2.45) is 5.92 Å². The molecule has 3 heteroatoms. The molecule has 2 rings (SSSR count). The molecular weight excluding hydrogens is 248 g/mol. The van der Waals surface area contributed by atoms with E-state index < -0.39 is 0 Å². The van der Waals surface area contributed by atoms with E-state index in [1.807, 2.05) is 30.3 Å². The van der Waals surface area contributed by atoms with Gasteiger partial charge in [-0.2, -0.15) is 5.26 Å². The van der Waals surface area contributed by atoms with Crippen LogP contribution in [0.25, 0.3) is 0 Å². The smallest absolute Gasteiger partial charge is 0.0852 e. The van der Waals surface area contributed by atoms with Crippen molar-refractivity contribution in [3.63, 3.8) is 0 Å². The third kappa shape index (κ3) is 3.03. The van der Waals surface area contributed by atoms with E-state index in [2.05, 4.69) is 25.2 Å². The fourth-order valence-electron chi connectivity index (χ4n) is 3.10. The second-order valence-corrected chi connectivity index (χ2v) is 6.19. The van der Waals surface area contributed by atoms with Crippen LogP contribution in [0.3, 0.4) is 0 Å². The van der Waals surface area contributed by atoms with Crippen LogP contribution in [0.4, 0.5) is 0 Å². The molecule has 0 amide bonds. The molecule has 0 aliphatic heterocycles. The number of nitrogens with zero attached hydrogens (tertiary/aromatic N) is 1. The molecule has 20 heavy (non-hydrogen) atoms. The van der Waals surface area contributed by atoms with Crippen LogP contribution in [0.2, 0.25) is 0 Å². The molecule has 0 bridgehead atoms. The van der Waals surface area contributed by atoms with Crippen molar-refractivity contribution in [2.75, 3.05) is 6.61 Å². The fourth-order valence-corrected chi connectivity index (χ4v) is 3.10. The molecule has 0 heterocycles. The number of rotatable bonds is 6. The maximum Gasteiger partial charge on any atom is 0.0852 e. The van der Waals surface area contributed by atoms with Gasteiger partial charge in [-0.05, 0) is 30.7 Å². The van der Waals surface area contributed by atoms with E-state index in [-0.39, 0.29) is 12.0 Å². The van der Waals surface area contributed by atoms with Crippen molar-refractivity contribution < 1.29 is 5.11 Å². The van der Waals surface area contributed by atoms with E-state index in [1.165, 1.54) is 0 Å². The summed E-state index contributed by atoms with van der Waals surface area (Å²) in [6.07, 6.45) is 2.50. The van der Waals surface area contributed by atoms with Crippen LogP contribution < -0.4 is 5.32 Å². The van der Waals surface area contributed by atoms with Gasteiger partial charge in [0, 0.05) is 18.7 Å². The predicted molar refractivity (Wildman–Crippen MR) is 80.2 cm³/mol. The Morgan fingerprint density at radius 2 is 2.00 bits per heavy atom. The third-order valence-corrected chi connectivity index (χ3v) is 4.42. The van der Waals surface area contributed by atoms with Crippen LogP contribution in [0.5, 0.6) is 0 Å². The highest BCUT2D eigenvalue weighted by atomic mass is 16.3. The Bertz CT molecular complexity index is 458. The number of aliphatic hydroxyl groups excluding tert-OH is 1. The Hall–Kier alpha value is -1.37. The van der Waals surface area contributed by atoms with Gasteiger partial charge in [-0.25, -0.2) is 0 Å². The quantitative estimate of drug-likeness (QED) is 0.837. The summed E-state index contributed by atoms with van der Waals surface area (Å²) in [6, 6.07) is 13.3. The summed E-state index contributed by atoms with van der Waals surface area (Å²) < 4.78 is 0. The average molecular weight is 272 g/mol. The van der Waals surface area contributed by atoms with Crippen molar-refractivity contribution in [3.05, 3.63) is 35.9 Å². The minimum Gasteiger partial charge on any atom is -0.396 e. The molecule has 1 atom stereocenters. The molecule has 1 aliphatic rings. The number of nitriles is 1. The lowest BCUT2D eigenvalue weighted by Crippen LogP contribution is -2.54. The Morgan fingerprint density at radius 1 is 1.35 bits per heavy atom. The minimum atomic E-state index is -0.320. The van der Waals surface area contributed by atoms with E-state index in [0.29, 0.717) is 18.0 Å². The van der Waals surface area contributed by atoms with Gasteiger partial charge in [0.2, 0.25) is 0 Å². The molecule has 1 aliphatic carbocycles. The summed E-state index contributed by atoms with van der Waals surface area (Å²) >= 11 is 0. The molecule has 2 N–H and O–H groups in total. The molecule has 1 fully saturated rings. The Labute approximate surface area is 121 Å². The number of hydrogen-bond donors (Lipinski definition) is 2. The van der Waals surface area contributed by atoms with Crippen molar-refractivity contribution in [3.8, 4) is 6.07 Å². The van der Waals surface area contributed by atoms with Gasteiger partial charge in [-0.1, -0.05) is 44.2 Å². The molecule has 108 valence electrons. The maximum absolute atomic E-state index is 9.54. The predicted octanol–water partition coefficient (Wildman–Crippen LogP) is 2.61. The highest BCUT2D eigenvalue weighted by Gasteiger charge is 2.46. The molecule has 0 aromatic heterocycles. The van der Waals surface area contributed by atoms with Crippen LogP contribution in [0.1, 0.15) is 38.7 Å². The van der Waals surface area contributed by atoms with Gasteiger partial charge in [0.05, 0.1) is 11.5 Å². The van der Waals surface area contributed by atoms with E-state index in [9.17, 15) is 5.26 Å². The number of hydrogen-bond acceptors (Lipinski definition) is 3. The monoisotopic (exact) mass is 272 g/mol. The molecule has 1 unspecified atom stereocenters.